The monoisotopic (exact) mass is 268 g/mol. The molecule has 0 spiro atoms. The van der Waals surface area contributed by atoms with E-state index >= 15 is 0 Å². The topological polar surface area (TPSA) is 58.2 Å². The maximum atomic E-state index is 11.6. The molecule has 1 aromatic rings. The lowest BCUT2D eigenvalue weighted by molar-refractivity contribution is -0.122. The highest BCUT2D eigenvalue weighted by atomic mass is 35.5. The summed E-state index contributed by atoms with van der Waals surface area (Å²) in [6, 6.07) is 6.77. The first kappa shape index (κ1) is 14.5. The zero-order valence-electron chi connectivity index (χ0n) is 10.5. The van der Waals surface area contributed by atoms with Crippen LogP contribution in [0.4, 0.5) is 0 Å². The van der Waals surface area contributed by atoms with Crippen molar-refractivity contribution in [2.45, 2.75) is 26.3 Å². The van der Waals surface area contributed by atoms with Crippen molar-refractivity contribution in [2.75, 3.05) is 6.54 Å². The highest BCUT2D eigenvalue weighted by Gasteiger charge is 2.16. The van der Waals surface area contributed by atoms with Crippen molar-refractivity contribution in [3.63, 3.8) is 0 Å². The second-order valence-corrected chi connectivity index (χ2v) is 4.40. The third kappa shape index (κ3) is 4.75. The molecule has 0 radical (unpaired) electrons. The van der Waals surface area contributed by atoms with Crippen LogP contribution in [-0.2, 0) is 9.59 Å². The van der Waals surface area contributed by atoms with Crippen molar-refractivity contribution in [2.24, 2.45) is 0 Å². The Kier molecular flexibility index (Phi) is 5.65. The van der Waals surface area contributed by atoms with Gasteiger partial charge in [0.2, 0.25) is 11.8 Å². The molecule has 2 N–H and O–H groups in total. The Morgan fingerprint density at radius 3 is 2.39 bits per heavy atom. The van der Waals surface area contributed by atoms with Gasteiger partial charge in [0.1, 0.15) is 0 Å². The third-order valence-electron chi connectivity index (χ3n) is 2.41. The zero-order chi connectivity index (χ0) is 13.5. The van der Waals surface area contributed by atoms with Gasteiger partial charge in [0.15, 0.2) is 0 Å². The van der Waals surface area contributed by atoms with E-state index in [-0.39, 0.29) is 24.3 Å². The van der Waals surface area contributed by atoms with Crippen LogP contribution in [0.15, 0.2) is 24.3 Å². The molecule has 2 amide bonds. The van der Waals surface area contributed by atoms with Crippen molar-refractivity contribution >= 4 is 23.4 Å². The van der Waals surface area contributed by atoms with Crippen LogP contribution in [0.2, 0.25) is 5.02 Å². The lowest BCUT2D eigenvalue weighted by Crippen LogP contribution is -2.32. The molecular weight excluding hydrogens is 252 g/mol. The van der Waals surface area contributed by atoms with Crippen LogP contribution >= 0.6 is 11.6 Å². The Morgan fingerprint density at radius 2 is 1.89 bits per heavy atom. The quantitative estimate of drug-likeness (QED) is 0.859. The average molecular weight is 269 g/mol. The van der Waals surface area contributed by atoms with Gasteiger partial charge >= 0.3 is 0 Å². The van der Waals surface area contributed by atoms with Gasteiger partial charge in [-0.05, 0) is 24.6 Å². The number of rotatable bonds is 5. The van der Waals surface area contributed by atoms with Crippen molar-refractivity contribution in [3.8, 4) is 0 Å². The molecule has 1 atom stereocenters. The van der Waals surface area contributed by atoms with Gasteiger partial charge in [-0.3, -0.25) is 9.59 Å². The zero-order valence-corrected chi connectivity index (χ0v) is 11.3. The molecule has 1 unspecified atom stereocenters. The van der Waals surface area contributed by atoms with E-state index < -0.39 is 0 Å². The second kappa shape index (κ2) is 7.01. The SMILES string of the molecule is CCNC(=O)CC(NC(C)=O)c1ccc(Cl)cc1. The number of carbonyl (C=O) groups excluding carboxylic acids is 2. The van der Waals surface area contributed by atoms with Gasteiger partial charge in [0.25, 0.3) is 0 Å². The van der Waals surface area contributed by atoms with E-state index in [4.69, 9.17) is 11.6 Å². The molecule has 0 aliphatic rings. The molecule has 0 saturated carbocycles. The molecule has 18 heavy (non-hydrogen) atoms. The van der Waals surface area contributed by atoms with Crippen molar-refractivity contribution in [1.82, 2.24) is 10.6 Å². The van der Waals surface area contributed by atoms with Crippen LogP contribution in [0.3, 0.4) is 0 Å². The van der Waals surface area contributed by atoms with Gasteiger partial charge < -0.3 is 10.6 Å². The van der Waals surface area contributed by atoms with Gasteiger partial charge in [0.05, 0.1) is 12.5 Å². The summed E-state index contributed by atoms with van der Waals surface area (Å²) in [6.45, 7) is 3.86. The van der Waals surface area contributed by atoms with Crippen molar-refractivity contribution in [3.05, 3.63) is 34.9 Å². The largest absolute Gasteiger partial charge is 0.356 e. The van der Waals surface area contributed by atoms with Crippen LogP contribution in [0, 0.1) is 0 Å². The standard InChI is InChI=1S/C13H17ClN2O2/c1-3-15-13(18)8-12(16-9(2)17)10-4-6-11(14)7-5-10/h4-7,12H,3,8H2,1-2H3,(H,15,18)(H,16,17). The van der Waals surface area contributed by atoms with E-state index in [9.17, 15) is 9.59 Å². The number of nitrogens with one attached hydrogen (secondary N) is 2. The summed E-state index contributed by atoms with van der Waals surface area (Å²) in [5, 5.41) is 6.10. The minimum Gasteiger partial charge on any atom is -0.356 e. The predicted molar refractivity (Wildman–Crippen MR) is 71.3 cm³/mol. The van der Waals surface area contributed by atoms with Crippen molar-refractivity contribution < 1.29 is 9.59 Å². The van der Waals surface area contributed by atoms with Crippen LogP contribution in [0.5, 0.6) is 0 Å². The number of hydrogen-bond donors (Lipinski definition) is 2. The van der Waals surface area contributed by atoms with E-state index in [0.29, 0.717) is 11.6 Å². The fraction of sp³-hybridized carbons (Fsp3) is 0.385. The van der Waals surface area contributed by atoms with E-state index in [1.165, 1.54) is 6.92 Å². The number of hydrogen-bond acceptors (Lipinski definition) is 2. The first-order valence-corrected chi connectivity index (χ1v) is 6.20. The molecule has 5 heteroatoms. The van der Waals surface area contributed by atoms with Gasteiger partial charge in [-0.15, -0.1) is 0 Å². The second-order valence-electron chi connectivity index (χ2n) is 3.96. The molecule has 98 valence electrons. The summed E-state index contributed by atoms with van der Waals surface area (Å²) in [5.41, 5.74) is 0.862. The fourth-order valence-corrected chi connectivity index (χ4v) is 1.77. The minimum absolute atomic E-state index is 0.0915. The molecule has 4 nitrogen and oxygen atoms in total. The van der Waals surface area contributed by atoms with E-state index in [2.05, 4.69) is 10.6 Å². The third-order valence-corrected chi connectivity index (χ3v) is 2.67. The summed E-state index contributed by atoms with van der Waals surface area (Å²) in [5.74, 6) is -0.259. The summed E-state index contributed by atoms with van der Waals surface area (Å²) in [4.78, 5) is 22.8. The Hall–Kier alpha value is -1.55. The first-order chi connectivity index (χ1) is 8.52. The maximum Gasteiger partial charge on any atom is 0.222 e. The number of amides is 2. The highest BCUT2D eigenvalue weighted by molar-refractivity contribution is 6.30. The van der Waals surface area contributed by atoms with Crippen LogP contribution < -0.4 is 10.6 Å². The number of benzene rings is 1. The lowest BCUT2D eigenvalue weighted by atomic mass is 10.0. The molecule has 1 aromatic carbocycles. The smallest absolute Gasteiger partial charge is 0.222 e. The Bertz CT molecular complexity index is 418. The number of halogens is 1. The normalized spacial score (nSPS) is 11.7. The highest BCUT2D eigenvalue weighted by Crippen LogP contribution is 2.19. The van der Waals surface area contributed by atoms with Crippen LogP contribution in [0.25, 0.3) is 0 Å². The molecule has 0 heterocycles. The van der Waals surface area contributed by atoms with Crippen molar-refractivity contribution in [1.29, 1.82) is 0 Å². The predicted octanol–water partition coefficient (Wildman–Crippen LogP) is 2.04. The van der Waals surface area contributed by atoms with Gasteiger partial charge in [-0.2, -0.15) is 0 Å². The number of carbonyl (C=O) groups is 2. The Balaban J connectivity index is 2.80. The summed E-state index contributed by atoms with van der Waals surface area (Å²) in [6.07, 6.45) is 0.217. The maximum absolute atomic E-state index is 11.6. The Morgan fingerprint density at radius 1 is 1.28 bits per heavy atom. The van der Waals surface area contributed by atoms with Gasteiger partial charge in [0, 0.05) is 18.5 Å². The minimum atomic E-state index is -0.327. The first-order valence-electron chi connectivity index (χ1n) is 5.82. The molecule has 0 aliphatic heterocycles. The van der Waals surface area contributed by atoms with E-state index in [1.807, 2.05) is 19.1 Å². The molecule has 0 saturated heterocycles. The molecule has 0 fully saturated rings. The van der Waals surface area contributed by atoms with Gasteiger partial charge in [-0.25, -0.2) is 0 Å². The summed E-state index contributed by atoms with van der Waals surface area (Å²) >= 11 is 5.81. The Labute approximate surface area is 112 Å². The molecular formula is C13H17ClN2O2. The fourth-order valence-electron chi connectivity index (χ4n) is 1.65. The lowest BCUT2D eigenvalue weighted by Gasteiger charge is -2.18. The van der Waals surface area contributed by atoms with E-state index in [1.54, 1.807) is 12.1 Å². The summed E-state index contributed by atoms with van der Waals surface area (Å²) in [7, 11) is 0. The molecule has 0 aromatic heterocycles. The van der Waals surface area contributed by atoms with E-state index in [0.717, 1.165) is 5.56 Å². The molecule has 0 bridgehead atoms. The van der Waals surface area contributed by atoms with Crippen LogP contribution in [0.1, 0.15) is 31.9 Å². The molecule has 0 aliphatic carbocycles. The van der Waals surface area contributed by atoms with Gasteiger partial charge in [-0.1, -0.05) is 23.7 Å². The average Bonchev–Trinajstić information content (AvgIpc) is 2.28. The molecule has 1 rings (SSSR count). The van der Waals surface area contributed by atoms with Crippen LogP contribution in [-0.4, -0.2) is 18.4 Å². The summed E-state index contributed by atoms with van der Waals surface area (Å²) < 4.78 is 0.